The van der Waals surface area contributed by atoms with Gasteiger partial charge in [0.25, 0.3) is 0 Å². The van der Waals surface area contributed by atoms with Crippen LogP contribution in [0.1, 0.15) is 53.4 Å². The molecular weight excluding hydrogens is 186 g/mol. The lowest BCUT2D eigenvalue weighted by Crippen LogP contribution is -2.25. The highest BCUT2D eigenvalue weighted by Crippen LogP contribution is 2.06. The molecule has 0 aromatic carbocycles. The van der Waals surface area contributed by atoms with Crippen molar-refractivity contribution in [3.8, 4) is 0 Å². The third-order valence-electron chi connectivity index (χ3n) is 2.93. The van der Waals surface area contributed by atoms with E-state index in [1.165, 1.54) is 25.8 Å². The molecule has 0 fully saturated rings. The van der Waals surface area contributed by atoms with Gasteiger partial charge in [-0.25, -0.2) is 0 Å². The first-order valence-electron chi connectivity index (χ1n) is 6.62. The minimum atomic E-state index is 0.492. The zero-order valence-electron chi connectivity index (χ0n) is 11.1. The van der Waals surface area contributed by atoms with Crippen molar-refractivity contribution < 1.29 is 4.74 Å². The average molecular weight is 215 g/mol. The van der Waals surface area contributed by atoms with Crippen LogP contribution in [-0.2, 0) is 4.74 Å². The normalized spacial score (nSPS) is 13.4. The maximum atomic E-state index is 5.84. The molecule has 0 aliphatic rings. The second-order valence-electron chi connectivity index (χ2n) is 4.07. The molecule has 0 radical (unpaired) electrons. The lowest BCUT2D eigenvalue weighted by molar-refractivity contribution is 0.0390. The Morgan fingerprint density at radius 3 is 2.20 bits per heavy atom. The van der Waals surface area contributed by atoms with Crippen LogP contribution in [0, 0.1) is 0 Å². The molecule has 1 unspecified atom stereocenters. The van der Waals surface area contributed by atoms with Gasteiger partial charge in [-0.05, 0) is 32.4 Å². The van der Waals surface area contributed by atoms with E-state index in [4.69, 9.17) is 4.74 Å². The van der Waals surface area contributed by atoms with Gasteiger partial charge < -0.3 is 9.64 Å². The molecule has 2 nitrogen and oxygen atoms in total. The van der Waals surface area contributed by atoms with Crippen LogP contribution in [0.4, 0.5) is 0 Å². The molecule has 0 rings (SSSR count). The number of nitrogens with zero attached hydrogens (tertiary/aromatic N) is 1. The first kappa shape index (κ1) is 14.9. The van der Waals surface area contributed by atoms with Crippen molar-refractivity contribution in [2.75, 3.05) is 26.2 Å². The van der Waals surface area contributed by atoms with Gasteiger partial charge in [0.15, 0.2) is 0 Å². The standard InChI is InChI=1S/C13H29NO/c1-5-10-13(6-2)15-12-9-11-14(7-3)8-4/h13H,5-12H2,1-4H3. The Balaban J connectivity index is 3.42. The molecule has 0 bridgehead atoms. The summed E-state index contributed by atoms with van der Waals surface area (Å²) in [5.41, 5.74) is 0. The van der Waals surface area contributed by atoms with E-state index in [1.807, 2.05) is 0 Å². The van der Waals surface area contributed by atoms with Gasteiger partial charge in [-0.1, -0.05) is 34.1 Å². The fourth-order valence-corrected chi connectivity index (χ4v) is 1.81. The number of rotatable bonds is 10. The molecule has 0 aromatic heterocycles. The molecule has 0 aromatic rings. The van der Waals surface area contributed by atoms with Gasteiger partial charge >= 0.3 is 0 Å². The highest BCUT2D eigenvalue weighted by Gasteiger charge is 2.05. The molecule has 2 heteroatoms. The van der Waals surface area contributed by atoms with Gasteiger partial charge in [0.2, 0.25) is 0 Å². The summed E-state index contributed by atoms with van der Waals surface area (Å²) >= 11 is 0. The minimum Gasteiger partial charge on any atom is -0.378 e. The molecule has 15 heavy (non-hydrogen) atoms. The zero-order valence-corrected chi connectivity index (χ0v) is 11.1. The van der Waals surface area contributed by atoms with E-state index < -0.39 is 0 Å². The Hall–Kier alpha value is -0.0800. The fraction of sp³-hybridized carbons (Fsp3) is 1.00. The Morgan fingerprint density at radius 1 is 1.07 bits per heavy atom. The maximum absolute atomic E-state index is 5.84. The fourth-order valence-electron chi connectivity index (χ4n) is 1.81. The monoisotopic (exact) mass is 215 g/mol. The van der Waals surface area contributed by atoms with Crippen LogP contribution in [0.2, 0.25) is 0 Å². The van der Waals surface area contributed by atoms with Crippen molar-refractivity contribution in [1.82, 2.24) is 4.90 Å². The van der Waals surface area contributed by atoms with E-state index in [0.717, 1.165) is 26.1 Å². The highest BCUT2D eigenvalue weighted by molar-refractivity contribution is 4.56. The van der Waals surface area contributed by atoms with Crippen LogP contribution >= 0.6 is 0 Å². The van der Waals surface area contributed by atoms with E-state index in [9.17, 15) is 0 Å². The highest BCUT2D eigenvalue weighted by atomic mass is 16.5. The summed E-state index contributed by atoms with van der Waals surface area (Å²) < 4.78 is 5.84. The minimum absolute atomic E-state index is 0.492. The van der Waals surface area contributed by atoms with Crippen molar-refractivity contribution in [2.24, 2.45) is 0 Å². The van der Waals surface area contributed by atoms with Crippen molar-refractivity contribution in [1.29, 1.82) is 0 Å². The Morgan fingerprint density at radius 2 is 1.73 bits per heavy atom. The number of ether oxygens (including phenoxy) is 1. The Kier molecular flexibility index (Phi) is 10.4. The molecular formula is C13H29NO. The van der Waals surface area contributed by atoms with Gasteiger partial charge in [-0.2, -0.15) is 0 Å². The molecule has 0 aliphatic carbocycles. The summed E-state index contributed by atoms with van der Waals surface area (Å²) in [5, 5.41) is 0. The van der Waals surface area contributed by atoms with Crippen molar-refractivity contribution in [3.63, 3.8) is 0 Å². The Labute approximate surface area is 96.0 Å². The number of hydrogen-bond acceptors (Lipinski definition) is 2. The van der Waals surface area contributed by atoms with E-state index in [2.05, 4.69) is 32.6 Å². The lowest BCUT2D eigenvalue weighted by atomic mass is 10.1. The van der Waals surface area contributed by atoms with Crippen LogP contribution in [0.5, 0.6) is 0 Å². The summed E-state index contributed by atoms with van der Waals surface area (Å²) in [6.07, 6.45) is 5.25. The third-order valence-corrected chi connectivity index (χ3v) is 2.93. The lowest BCUT2D eigenvalue weighted by Gasteiger charge is -2.19. The summed E-state index contributed by atoms with van der Waals surface area (Å²) in [4.78, 5) is 2.45. The molecule has 0 spiro atoms. The number of hydrogen-bond donors (Lipinski definition) is 0. The summed E-state index contributed by atoms with van der Waals surface area (Å²) in [7, 11) is 0. The van der Waals surface area contributed by atoms with Crippen LogP contribution in [0.15, 0.2) is 0 Å². The van der Waals surface area contributed by atoms with E-state index in [1.54, 1.807) is 0 Å². The summed E-state index contributed by atoms with van der Waals surface area (Å²) in [5.74, 6) is 0. The van der Waals surface area contributed by atoms with Gasteiger partial charge in [0.1, 0.15) is 0 Å². The SMILES string of the molecule is CCCC(CC)OCCCN(CC)CC. The van der Waals surface area contributed by atoms with Crippen LogP contribution in [0.25, 0.3) is 0 Å². The molecule has 0 heterocycles. The van der Waals surface area contributed by atoms with Crippen LogP contribution < -0.4 is 0 Å². The van der Waals surface area contributed by atoms with Crippen LogP contribution in [-0.4, -0.2) is 37.2 Å². The summed E-state index contributed by atoms with van der Waals surface area (Å²) in [6, 6.07) is 0. The van der Waals surface area contributed by atoms with Gasteiger partial charge in [0, 0.05) is 13.2 Å². The molecule has 0 saturated carbocycles. The van der Waals surface area contributed by atoms with Gasteiger partial charge in [0.05, 0.1) is 6.10 Å². The molecule has 0 amide bonds. The first-order chi connectivity index (χ1) is 7.28. The van der Waals surface area contributed by atoms with Gasteiger partial charge in [-0.3, -0.25) is 0 Å². The molecule has 92 valence electrons. The predicted octanol–water partition coefficient (Wildman–Crippen LogP) is 3.31. The van der Waals surface area contributed by atoms with E-state index >= 15 is 0 Å². The zero-order chi connectivity index (χ0) is 11.5. The maximum Gasteiger partial charge on any atom is 0.0572 e. The van der Waals surface area contributed by atoms with Crippen molar-refractivity contribution in [2.45, 2.75) is 59.5 Å². The molecule has 0 saturated heterocycles. The molecule has 1 atom stereocenters. The largest absolute Gasteiger partial charge is 0.378 e. The summed E-state index contributed by atoms with van der Waals surface area (Å²) in [6.45, 7) is 13.3. The van der Waals surface area contributed by atoms with Crippen molar-refractivity contribution in [3.05, 3.63) is 0 Å². The smallest absolute Gasteiger partial charge is 0.0572 e. The second-order valence-corrected chi connectivity index (χ2v) is 4.07. The molecule has 0 N–H and O–H groups in total. The topological polar surface area (TPSA) is 12.5 Å². The van der Waals surface area contributed by atoms with E-state index in [0.29, 0.717) is 6.10 Å². The quantitative estimate of drug-likeness (QED) is 0.518. The predicted molar refractivity (Wildman–Crippen MR) is 67.3 cm³/mol. The second kappa shape index (κ2) is 10.4. The van der Waals surface area contributed by atoms with Crippen molar-refractivity contribution >= 4 is 0 Å². The van der Waals surface area contributed by atoms with Crippen LogP contribution in [0.3, 0.4) is 0 Å². The van der Waals surface area contributed by atoms with E-state index in [-0.39, 0.29) is 0 Å². The van der Waals surface area contributed by atoms with Gasteiger partial charge in [-0.15, -0.1) is 0 Å². The first-order valence-corrected chi connectivity index (χ1v) is 6.62. The third kappa shape index (κ3) is 7.80. The average Bonchev–Trinajstić information content (AvgIpc) is 2.28. The molecule has 0 aliphatic heterocycles. The Bertz CT molecular complexity index is 124.